The lowest BCUT2D eigenvalue weighted by molar-refractivity contribution is 0.217. The van der Waals surface area contributed by atoms with Gasteiger partial charge in [-0.1, -0.05) is 31.1 Å². The number of hydrogen-bond donors (Lipinski definition) is 1. The van der Waals surface area contributed by atoms with Gasteiger partial charge in [-0.2, -0.15) is 0 Å². The molecule has 1 unspecified atom stereocenters. The van der Waals surface area contributed by atoms with Gasteiger partial charge in [0.1, 0.15) is 5.75 Å². The number of oxime groups is 1. The first-order valence-corrected chi connectivity index (χ1v) is 5.69. The van der Waals surface area contributed by atoms with Gasteiger partial charge in [-0.3, -0.25) is 0 Å². The van der Waals surface area contributed by atoms with Crippen LogP contribution in [0.2, 0.25) is 0 Å². The van der Waals surface area contributed by atoms with E-state index in [0.717, 1.165) is 17.7 Å². The first kappa shape index (κ1) is 12.6. The molecule has 0 aliphatic carbocycles. The molecule has 0 aliphatic rings. The molecular weight excluding hydrogens is 202 g/mol. The Balaban J connectivity index is 3.00. The van der Waals surface area contributed by atoms with Crippen molar-refractivity contribution < 1.29 is 9.94 Å². The Hall–Kier alpha value is -1.51. The topological polar surface area (TPSA) is 41.8 Å². The number of ether oxygens (including phenoxy) is 1. The lowest BCUT2D eigenvalue weighted by Crippen LogP contribution is -2.12. The van der Waals surface area contributed by atoms with E-state index >= 15 is 0 Å². The molecule has 0 heterocycles. The van der Waals surface area contributed by atoms with E-state index in [0.29, 0.717) is 12.1 Å². The molecule has 0 amide bonds. The van der Waals surface area contributed by atoms with Crippen molar-refractivity contribution in [3.05, 3.63) is 29.8 Å². The second-order valence-electron chi connectivity index (χ2n) is 3.73. The van der Waals surface area contributed by atoms with Gasteiger partial charge in [0.25, 0.3) is 0 Å². The Morgan fingerprint density at radius 2 is 2.06 bits per heavy atom. The van der Waals surface area contributed by atoms with Crippen molar-refractivity contribution >= 4 is 5.71 Å². The molecule has 0 bridgehead atoms. The summed E-state index contributed by atoms with van der Waals surface area (Å²) in [6.07, 6.45) is 1.79. The van der Waals surface area contributed by atoms with Crippen LogP contribution in [0, 0.1) is 0 Å². The normalized spacial score (nSPS) is 13.6. The van der Waals surface area contributed by atoms with Crippen LogP contribution in [0.5, 0.6) is 5.75 Å². The van der Waals surface area contributed by atoms with E-state index in [1.54, 1.807) is 0 Å². The minimum Gasteiger partial charge on any atom is -0.490 e. The second kappa shape index (κ2) is 6.16. The Morgan fingerprint density at radius 1 is 1.38 bits per heavy atom. The SMILES string of the molecule is CC/C(=N\O)c1ccccc1OC(C)CC. The monoisotopic (exact) mass is 221 g/mol. The predicted octanol–water partition coefficient (Wildman–Crippen LogP) is 3.45. The number of para-hydroxylation sites is 1. The van der Waals surface area contributed by atoms with E-state index in [-0.39, 0.29) is 6.10 Å². The molecule has 0 saturated heterocycles. The van der Waals surface area contributed by atoms with Crippen molar-refractivity contribution in [2.24, 2.45) is 5.16 Å². The Bertz CT molecular complexity index is 361. The van der Waals surface area contributed by atoms with Gasteiger partial charge < -0.3 is 9.94 Å². The fraction of sp³-hybridized carbons (Fsp3) is 0.462. The average Bonchev–Trinajstić information content (AvgIpc) is 2.32. The first-order valence-electron chi connectivity index (χ1n) is 5.69. The number of nitrogens with zero attached hydrogens (tertiary/aromatic N) is 1. The summed E-state index contributed by atoms with van der Waals surface area (Å²) in [4.78, 5) is 0. The van der Waals surface area contributed by atoms with Crippen LogP contribution in [0.4, 0.5) is 0 Å². The third-order valence-electron chi connectivity index (χ3n) is 2.56. The van der Waals surface area contributed by atoms with Crippen LogP contribution in [-0.4, -0.2) is 17.0 Å². The van der Waals surface area contributed by atoms with Gasteiger partial charge in [0.15, 0.2) is 0 Å². The van der Waals surface area contributed by atoms with Gasteiger partial charge in [0.05, 0.1) is 11.8 Å². The van der Waals surface area contributed by atoms with E-state index in [1.807, 2.05) is 38.1 Å². The summed E-state index contributed by atoms with van der Waals surface area (Å²) in [6, 6.07) is 7.66. The van der Waals surface area contributed by atoms with Crippen molar-refractivity contribution in [2.45, 2.75) is 39.7 Å². The van der Waals surface area contributed by atoms with Crippen LogP contribution in [0.25, 0.3) is 0 Å². The molecule has 1 atom stereocenters. The Labute approximate surface area is 96.7 Å². The van der Waals surface area contributed by atoms with E-state index in [4.69, 9.17) is 9.94 Å². The van der Waals surface area contributed by atoms with Crippen LogP contribution in [-0.2, 0) is 0 Å². The second-order valence-corrected chi connectivity index (χ2v) is 3.73. The van der Waals surface area contributed by atoms with E-state index < -0.39 is 0 Å². The van der Waals surface area contributed by atoms with Crippen LogP contribution in [0.1, 0.15) is 39.2 Å². The number of benzene rings is 1. The highest BCUT2D eigenvalue weighted by molar-refractivity contribution is 6.02. The van der Waals surface area contributed by atoms with Gasteiger partial charge in [0.2, 0.25) is 0 Å². The molecule has 16 heavy (non-hydrogen) atoms. The van der Waals surface area contributed by atoms with E-state index in [2.05, 4.69) is 12.1 Å². The van der Waals surface area contributed by atoms with Crippen molar-refractivity contribution in [2.75, 3.05) is 0 Å². The summed E-state index contributed by atoms with van der Waals surface area (Å²) >= 11 is 0. The Morgan fingerprint density at radius 3 is 2.62 bits per heavy atom. The molecule has 1 aromatic carbocycles. The van der Waals surface area contributed by atoms with Gasteiger partial charge in [-0.15, -0.1) is 0 Å². The summed E-state index contributed by atoms with van der Waals surface area (Å²) in [5, 5.41) is 12.2. The number of hydrogen-bond acceptors (Lipinski definition) is 3. The fourth-order valence-electron chi connectivity index (χ4n) is 1.42. The predicted molar refractivity (Wildman–Crippen MR) is 65.4 cm³/mol. The van der Waals surface area contributed by atoms with Crippen LogP contribution < -0.4 is 4.74 Å². The minimum atomic E-state index is 0.165. The highest BCUT2D eigenvalue weighted by Crippen LogP contribution is 2.21. The van der Waals surface area contributed by atoms with Crippen LogP contribution in [0.15, 0.2) is 29.4 Å². The van der Waals surface area contributed by atoms with Gasteiger partial charge >= 0.3 is 0 Å². The largest absolute Gasteiger partial charge is 0.490 e. The fourth-order valence-corrected chi connectivity index (χ4v) is 1.42. The lowest BCUT2D eigenvalue weighted by Gasteiger charge is -2.16. The summed E-state index contributed by atoms with van der Waals surface area (Å²) in [6.45, 7) is 6.06. The molecule has 1 aromatic rings. The average molecular weight is 221 g/mol. The molecule has 0 fully saturated rings. The zero-order valence-corrected chi connectivity index (χ0v) is 10.1. The summed E-state index contributed by atoms with van der Waals surface area (Å²) in [5.74, 6) is 0.784. The molecule has 1 rings (SSSR count). The molecule has 3 heteroatoms. The Kier molecular flexibility index (Phi) is 4.83. The maximum Gasteiger partial charge on any atom is 0.128 e. The van der Waals surface area contributed by atoms with Crippen molar-refractivity contribution in [3.8, 4) is 5.75 Å². The summed E-state index contributed by atoms with van der Waals surface area (Å²) in [7, 11) is 0. The van der Waals surface area contributed by atoms with Gasteiger partial charge in [-0.25, -0.2) is 0 Å². The van der Waals surface area contributed by atoms with Gasteiger partial charge in [0, 0.05) is 5.56 Å². The molecule has 3 nitrogen and oxygen atoms in total. The van der Waals surface area contributed by atoms with Crippen LogP contribution >= 0.6 is 0 Å². The summed E-state index contributed by atoms with van der Waals surface area (Å²) in [5.41, 5.74) is 1.52. The molecule has 0 aromatic heterocycles. The van der Waals surface area contributed by atoms with E-state index in [1.165, 1.54) is 0 Å². The first-order chi connectivity index (χ1) is 7.72. The van der Waals surface area contributed by atoms with E-state index in [9.17, 15) is 0 Å². The maximum absolute atomic E-state index is 8.93. The molecule has 0 spiro atoms. The molecule has 0 radical (unpaired) electrons. The quantitative estimate of drug-likeness (QED) is 0.470. The zero-order valence-electron chi connectivity index (χ0n) is 10.1. The number of rotatable bonds is 5. The molecular formula is C13H19NO2. The van der Waals surface area contributed by atoms with Gasteiger partial charge in [-0.05, 0) is 31.9 Å². The van der Waals surface area contributed by atoms with Crippen molar-refractivity contribution in [1.29, 1.82) is 0 Å². The van der Waals surface area contributed by atoms with Crippen LogP contribution in [0.3, 0.4) is 0 Å². The third-order valence-corrected chi connectivity index (χ3v) is 2.56. The van der Waals surface area contributed by atoms with Crippen molar-refractivity contribution in [1.82, 2.24) is 0 Å². The molecule has 0 aliphatic heterocycles. The summed E-state index contributed by atoms with van der Waals surface area (Å²) < 4.78 is 5.79. The maximum atomic E-state index is 8.93. The lowest BCUT2D eigenvalue weighted by atomic mass is 10.1. The minimum absolute atomic E-state index is 0.165. The highest BCUT2D eigenvalue weighted by Gasteiger charge is 2.10. The molecule has 88 valence electrons. The standard InChI is InChI=1S/C13H19NO2/c1-4-10(3)16-13-9-7-6-8-11(13)12(5-2)14-15/h6-10,15H,4-5H2,1-3H3/b14-12+. The van der Waals surface area contributed by atoms with Crippen molar-refractivity contribution in [3.63, 3.8) is 0 Å². The molecule has 0 saturated carbocycles. The molecule has 1 N–H and O–H groups in total. The third kappa shape index (κ3) is 2.99. The highest BCUT2D eigenvalue weighted by atomic mass is 16.5. The zero-order chi connectivity index (χ0) is 12.0. The smallest absolute Gasteiger partial charge is 0.128 e.